The number of ether oxygens (including phenoxy) is 1. The second-order valence-electron chi connectivity index (χ2n) is 11.7. The van der Waals surface area contributed by atoms with Crippen molar-refractivity contribution in [3.8, 4) is 5.75 Å². The molecule has 0 aliphatic heterocycles. The smallest absolute Gasteiger partial charge is 0.256 e. The molecule has 45 heavy (non-hydrogen) atoms. The maximum atomic E-state index is 13.3. The second-order valence-corrected chi connectivity index (χ2v) is 12.2. The van der Waals surface area contributed by atoms with Crippen molar-refractivity contribution in [3.63, 3.8) is 0 Å². The Bertz CT molecular complexity index is 1880. The Morgan fingerprint density at radius 2 is 1.71 bits per heavy atom. The van der Waals surface area contributed by atoms with Crippen LogP contribution in [0.3, 0.4) is 0 Å². The van der Waals surface area contributed by atoms with Crippen molar-refractivity contribution < 1.29 is 9.53 Å². The number of amides is 1. The summed E-state index contributed by atoms with van der Waals surface area (Å²) in [5.41, 5.74) is 6.50. The lowest BCUT2D eigenvalue weighted by Crippen LogP contribution is -2.30. The first-order chi connectivity index (χ1) is 22.0. The largest absolute Gasteiger partial charge is 0.497 e. The van der Waals surface area contributed by atoms with Gasteiger partial charge in [-0.2, -0.15) is 0 Å². The summed E-state index contributed by atoms with van der Waals surface area (Å²) in [7, 11) is 1.64. The van der Waals surface area contributed by atoms with E-state index in [-0.39, 0.29) is 16.9 Å². The van der Waals surface area contributed by atoms with Gasteiger partial charge in [-0.1, -0.05) is 48.7 Å². The predicted octanol–water partition coefficient (Wildman–Crippen LogP) is 7.54. The van der Waals surface area contributed by atoms with Gasteiger partial charge in [0, 0.05) is 53.0 Å². The van der Waals surface area contributed by atoms with Crippen molar-refractivity contribution in [2.24, 2.45) is 0 Å². The van der Waals surface area contributed by atoms with E-state index in [2.05, 4.69) is 16.7 Å². The number of pyridine rings is 2. The van der Waals surface area contributed by atoms with Crippen molar-refractivity contribution >= 4 is 45.0 Å². The molecule has 1 aliphatic rings. The maximum absolute atomic E-state index is 13.3. The highest BCUT2D eigenvalue weighted by Crippen LogP contribution is 2.34. The average Bonchev–Trinajstić information content (AvgIpc) is 3.06. The van der Waals surface area contributed by atoms with E-state index in [1.807, 2.05) is 59.2 Å². The lowest BCUT2D eigenvalue weighted by atomic mass is 9.92. The van der Waals surface area contributed by atoms with E-state index in [1.165, 1.54) is 29.8 Å². The van der Waals surface area contributed by atoms with E-state index in [4.69, 9.17) is 21.3 Å². The van der Waals surface area contributed by atoms with Crippen LogP contribution in [0.4, 0.5) is 5.69 Å². The summed E-state index contributed by atoms with van der Waals surface area (Å²) in [6, 6.07) is 21.2. The molecule has 5 aromatic rings. The van der Waals surface area contributed by atoms with Gasteiger partial charge >= 0.3 is 0 Å². The summed E-state index contributed by atoms with van der Waals surface area (Å²) in [5, 5.41) is 9.09. The van der Waals surface area contributed by atoms with Gasteiger partial charge in [-0.3, -0.25) is 14.6 Å². The Morgan fingerprint density at radius 3 is 2.53 bits per heavy atom. The highest BCUT2D eigenvalue weighted by Gasteiger charge is 2.18. The van der Waals surface area contributed by atoms with Gasteiger partial charge in [0.05, 0.1) is 18.1 Å². The van der Waals surface area contributed by atoms with Crippen molar-refractivity contribution in [1.82, 2.24) is 14.9 Å². The van der Waals surface area contributed by atoms with Gasteiger partial charge in [0.25, 0.3) is 5.91 Å². The Hall–Kier alpha value is -4.36. The number of benzene rings is 3. The molecule has 8 heteroatoms. The molecule has 2 heterocycles. The number of para-hydroxylation sites is 1. The van der Waals surface area contributed by atoms with Crippen LogP contribution < -0.4 is 20.8 Å². The lowest BCUT2D eigenvalue weighted by molar-refractivity contribution is 0.0951. The van der Waals surface area contributed by atoms with Gasteiger partial charge in [-0.25, -0.2) is 0 Å². The first-order valence-electron chi connectivity index (χ1n) is 15.9. The van der Waals surface area contributed by atoms with E-state index in [0.29, 0.717) is 23.5 Å². The standard InChI is InChI=1S/C37H39ClN4O3/c1-45-27-17-14-25(15-18-27)23-42-24-31(36(43)30-11-5-7-13-34(30)42)37(44)40-21-9-3-2-8-20-39-35-28-10-4-6-12-32(28)41-33-22-26(38)16-19-29(33)35/h5,7,11,13-19,22,24H,2-4,6,8-10,12,20-21,23H2,1H3,(H,39,41)(H,40,44). The molecule has 2 aromatic heterocycles. The fourth-order valence-corrected chi connectivity index (χ4v) is 6.45. The normalized spacial score (nSPS) is 12.7. The minimum Gasteiger partial charge on any atom is -0.497 e. The monoisotopic (exact) mass is 622 g/mol. The number of halogens is 1. The molecule has 232 valence electrons. The zero-order valence-electron chi connectivity index (χ0n) is 25.7. The number of hydrogen-bond donors (Lipinski definition) is 2. The Balaban J connectivity index is 1.02. The molecule has 0 unspecified atom stereocenters. The quantitative estimate of drug-likeness (QED) is 0.140. The van der Waals surface area contributed by atoms with E-state index in [0.717, 1.165) is 72.8 Å². The van der Waals surface area contributed by atoms with Gasteiger partial charge in [0.2, 0.25) is 5.43 Å². The Labute approximate surface area is 268 Å². The fraction of sp³-hybridized carbons (Fsp3) is 0.324. The van der Waals surface area contributed by atoms with Crippen LogP contribution in [0.2, 0.25) is 5.02 Å². The summed E-state index contributed by atoms with van der Waals surface area (Å²) in [5.74, 6) is 0.455. The molecule has 0 saturated carbocycles. The SMILES string of the molecule is COc1ccc(Cn2cc(C(=O)NCCCCCCNc3c4c(nc5cc(Cl)ccc35)CCCC4)c(=O)c3ccccc32)cc1. The van der Waals surface area contributed by atoms with Crippen LogP contribution in [0, 0.1) is 0 Å². The Kier molecular flexibility index (Phi) is 9.65. The van der Waals surface area contributed by atoms with Gasteiger partial charge in [0.15, 0.2) is 0 Å². The van der Waals surface area contributed by atoms with E-state index in [9.17, 15) is 9.59 Å². The van der Waals surface area contributed by atoms with Gasteiger partial charge < -0.3 is 19.9 Å². The van der Waals surface area contributed by atoms with Crippen molar-refractivity contribution in [2.75, 3.05) is 25.5 Å². The number of aromatic nitrogens is 2. The van der Waals surface area contributed by atoms with Gasteiger partial charge in [-0.15, -0.1) is 0 Å². The number of nitrogens with one attached hydrogen (secondary N) is 2. The predicted molar refractivity (Wildman–Crippen MR) is 183 cm³/mol. The number of carbonyl (C=O) groups excluding carboxylic acids is 1. The first-order valence-corrected chi connectivity index (χ1v) is 16.3. The van der Waals surface area contributed by atoms with E-state index >= 15 is 0 Å². The molecule has 3 aromatic carbocycles. The summed E-state index contributed by atoms with van der Waals surface area (Å²) < 4.78 is 7.24. The fourth-order valence-electron chi connectivity index (χ4n) is 6.28. The molecule has 7 nitrogen and oxygen atoms in total. The highest BCUT2D eigenvalue weighted by atomic mass is 35.5. The second kappa shape index (κ2) is 14.2. The van der Waals surface area contributed by atoms with Crippen molar-refractivity contribution in [1.29, 1.82) is 0 Å². The minimum absolute atomic E-state index is 0.167. The zero-order valence-corrected chi connectivity index (χ0v) is 26.5. The number of carbonyl (C=O) groups is 1. The van der Waals surface area contributed by atoms with Crippen LogP contribution in [0.1, 0.15) is 65.7 Å². The first kappa shape index (κ1) is 30.7. The number of nitrogens with zero attached hydrogens (tertiary/aromatic N) is 2. The Morgan fingerprint density at radius 1 is 0.933 bits per heavy atom. The lowest BCUT2D eigenvalue weighted by Gasteiger charge is -2.22. The molecule has 0 bridgehead atoms. The third-order valence-corrected chi connectivity index (χ3v) is 8.90. The number of aryl methyl sites for hydroxylation is 1. The number of fused-ring (bicyclic) bond motifs is 3. The van der Waals surface area contributed by atoms with E-state index < -0.39 is 0 Å². The van der Waals surface area contributed by atoms with Crippen LogP contribution in [0.25, 0.3) is 21.8 Å². The topological polar surface area (TPSA) is 85.2 Å². The van der Waals surface area contributed by atoms with Crippen LogP contribution >= 0.6 is 11.6 Å². The van der Waals surface area contributed by atoms with Crippen LogP contribution in [0.15, 0.2) is 77.7 Å². The number of methoxy groups -OCH3 is 1. The van der Waals surface area contributed by atoms with Gasteiger partial charge in [-0.05, 0) is 92.1 Å². The van der Waals surface area contributed by atoms with Crippen molar-refractivity contribution in [3.05, 3.63) is 111 Å². The molecule has 0 radical (unpaired) electrons. The maximum Gasteiger partial charge on any atom is 0.256 e. The number of hydrogen-bond acceptors (Lipinski definition) is 5. The van der Waals surface area contributed by atoms with E-state index in [1.54, 1.807) is 19.4 Å². The van der Waals surface area contributed by atoms with Crippen LogP contribution in [-0.2, 0) is 19.4 Å². The molecule has 1 amide bonds. The third kappa shape index (κ3) is 6.99. The molecule has 2 N–H and O–H groups in total. The van der Waals surface area contributed by atoms with Crippen LogP contribution in [0.5, 0.6) is 5.75 Å². The summed E-state index contributed by atoms with van der Waals surface area (Å²) >= 11 is 6.27. The molecular formula is C37H39ClN4O3. The third-order valence-electron chi connectivity index (χ3n) is 8.66. The molecule has 0 saturated heterocycles. The number of anilines is 1. The summed E-state index contributed by atoms with van der Waals surface area (Å²) in [6.45, 7) is 1.94. The molecule has 0 spiro atoms. The minimum atomic E-state index is -0.328. The van der Waals surface area contributed by atoms with Crippen LogP contribution in [-0.4, -0.2) is 35.7 Å². The number of rotatable bonds is 12. The van der Waals surface area contributed by atoms with Crippen molar-refractivity contribution in [2.45, 2.75) is 57.9 Å². The summed E-state index contributed by atoms with van der Waals surface area (Å²) in [4.78, 5) is 31.3. The summed E-state index contributed by atoms with van der Waals surface area (Å²) in [6.07, 6.45) is 10.1. The molecule has 6 rings (SSSR count). The molecule has 1 aliphatic carbocycles. The molecular weight excluding hydrogens is 584 g/mol. The highest BCUT2D eigenvalue weighted by molar-refractivity contribution is 6.31. The number of unbranched alkanes of at least 4 members (excludes halogenated alkanes) is 3. The molecule has 0 fully saturated rings. The molecule has 0 atom stereocenters. The van der Waals surface area contributed by atoms with Gasteiger partial charge in [0.1, 0.15) is 11.3 Å². The zero-order chi connectivity index (χ0) is 31.2. The average molecular weight is 623 g/mol.